The summed E-state index contributed by atoms with van der Waals surface area (Å²) >= 11 is 3.36. The van der Waals surface area contributed by atoms with Crippen molar-refractivity contribution in [2.75, 3.05) is 5.73 Å². The quantitative estimate of drug-likeness (QED) is 0.875. The summed E-state index contributed by atoms with van der Waals surface area (Å²) in [5, 5.41) is 0. The molecule has 0 bridgehead atoms. The highest BCUT2D eigenvalue weighted by molar-refractivity contribution is 9.10. The molecule has 0 aliphatic rings. The van der Waals surface area contributed by atoms with Crippen LogP contribution >= 0.6 is 15.9 Å². The summed E-state index contributed by atoms with van der Waals surface area (Å²) in [5.41, 5.74) is 6.47. The van der Waals surface area contributed by atoms with E-state index in [0.29, 0.717) is 17.0 Å². The molecule has 0 fully saturated rings. The van der Waals surface area contributed by atoms with Crippen LogP contribution in [0.4, 0.5) is 10.1 Å². The van der Waals surface area contributed by atoms with Crippen molar-refractivity contribution in [3.05, 3.63) is 58.3 Å². The molecule has 0 saturated heterocycles. The van der Waals surface area contributed by atoms with Crippen molar-refractivity contribution < 1.29 is 9.13 Å². The Morgan fingerprint density at radius 3 is 2.59 bits per heavy atom. The van der Waals surface area contributed by atoms with E-state index in [-0.39, 0.29) is 12.4 Å². The molecule has 2 rings (SSSR count). The van der Waals surface area contributed by atoms with E-state index in [1.807, 2.05) is 18.2 Å². The summed E-state index contributed by atoms with van der Waals surface area (Å²) in [6.45, 7) is 0.112. The fourth-order valence-electron chi connectivity index (χ4n) is 1.44. The second kappa shape index (κ2) is 5.19. The minimum absolute atomic E-state index is 0.112. The molecule has 88 valence electrons. The van der Waals surface area contributed by atoms with Crippen molar-refractivity contribution in [3.63, 3.8) is 0 Å². The Morgan fingerprint density at radius 1 is 1.12 bits per heavy atom. The summed E-state index contributed by atoms with van der Waals surface area (Å²) in [5.74, 6) is 0.312. The van der Waals surface area contributed by atoms with Gasteiger partial charge in [0.05, 0.1) is 4.47 Å². The Morgan fingerprint density at radius 2 is 1.88 bits per heavy atom. The lowest BCUT2D eigenvalue weighted by molar-refractivity contribution is 0.299. The van der Waals surface area contributed by atoms with Crippen molar-refractivity contribution in [2.24, 2.45) is 0 Å². The van der Waals surface area contributed by atoms with Crippen molar-refractivity contribution in [1.82, 2.24) is 0 Å². The van der Waals surface area contributed by atoms with Crippen LogP contribution in [-0.2, 0) is 6.61 Å². The molecule has 0 radical (unpaired) electrons. The Hall–Kier alpha value is -1.55. The van der Waals surface area contributed by atoms with E-state index in [4.69, 9.17) is 10.5 Å². The summed E-state index contributed by atoms with van der Waals surface area (Å²) in [6.07, 6.45) is 0. The predicted molar refractivity (Wildman–Crippen MR) is 69.3 cm³/mol. The van der Waals surface area contributed by atoms with E-state index < -0.39 is 0 Å². The molecule has 0 aromatic heterocycles. The average molecular weight is 296 g/mol. The van der Waals surface area contributed by atoms with Gasteiger partial charge in [-0.3, -0.25) is 0 Å². The number of benzene rings is 2. The van der Waals surface area contributed by atoms with Crippen LogP contribution in [0.3, 0.4) is 0 Å². The van der Waals surface area contributed by atoms with Gasteiger partial charge >= 0.3 is 0 Å². The van der Waals surface area contributed by atoms with Gasteiger partial charge in [-0.2, -0.15) is 0 Å². The monoisotopic (exact) mass is 295 g/mol. The van der Waals surface area contributed by atoms with E-state index >= 15 is 0 Å². The number of nitrogens with two attached hydrogens (primary N) is 1. The van der Waals surface area contributed by atoms with E-state index in [1.54, 1.807) is 18.2 Å². The molecular formula is C13H11BrFNO. The van der Waals surface area contributed by atoms with Crippen molar-refractivity contribution in [2.45, 2.75) is 6.61 Å². The van der Waals surface area contributed by atoms with Crippen LogP contribution in [0.1, 0.15) is 5.56 Å². The first-order valence-electron chi connectivity index (χ1n) is 5.08. The normalized spacial score (nSPS) is 10.2. The lowest BCUT2D eigenvalue weighted by Crippen LogP contribution is -2.03. The van der Waals surface area contributed by atoms with Gasteiger partial charge in [0.2, 0.25) is 0 Å². The molecule has 0 amide bonds. The van der Waals surface area contributed by atoms with E-state index in [9.17, 15) is 4.39 Å². The molecule has 4 heteroatoms. The van der Waals surface area contributed by atoms with Crippen LogP contribution < -0.4 is 10.5 Å². The highest BCUT2D eigenvalue weighted by Gasteiger charge is 2.07. The molecule has 2 N–H and O–H groups in total. The number of para-hydroxylation sites is 1. The topological polar surface area (TPSA) is 35.2 Å². The molecule has 0 heterocycles. The van der Waals surface area contributed by atoms with Gasteiger partial charge < -0.3 is 10.5 Å². The molecule has 0 aliphatic heterocycles. The Kier molecular flexibility index (Phi) is 3.64. The zero-order valence-electron chi connectivity index (χ0n) is 8.99. The lowest BCUT2D eigenvalue weighted by Gasteiger charge is -2.10. The molecule has 0 saturated carbocycles. The number of hydrogen-bond donors (Lipinski definition) is 1. The summed E-state index contributed by atoms with van der Waals surface area (Å²) in [4.78, 5) is 0. The molecular weight excluding hydrogens is 285 g/mol. The summed E-state index contributed by atoms with van der Waals surface area (Å²) < 4.78 is 19.8. The minimum atomic E-state index is -0.350. The Bertz CT molecular complexity index is 510. The Labute approximate surface area is 107 Å². The first-order valence-corrected chi connectivity index (χ1v) is 5.88. The van der Waals surface area contributed by atoms with Gasteiger partial charge in [-0.25, -0.2) is 4.39 Å². The number of nitrogen functional groups attached to an aromatic ring is 1. The molecule has 2 aromatic rings. The van der Waals surface area contributed by atoms with Crippen LogP contribution in [0.5, 0.6) is 5.75 Å². The SMILES string of the molecule is Nc1cccc(F)c1COc1ccccc1Br. The standard InChI is InChI=1S/C13H11BrFNO/c14-10-4-1-2-7-13(10)17-8-9-11(15)5-3-6-12(9)16/h1-7H,8,16H2. The van der Waals surface area contributed by atoms with Crippen molar-refractivity contribution >= 4 is 21.6 Å². The summed E-state index contributed by atoms with van der Waals surface area (Å²) in [7, 11) is 0. The van der Waals surface area contributed by atoms with Gasteiger partial charge in [0.15, 0.2) is 0 Å². The molecule has 2 nitrogen and oxygen atoms in total. The van der Waals surface area contributed by atoms with Gasteiger partial charge in [0, 0.05) is 11.3 Å². The van der Waals surface area contributed by atoms with Gasteiger partial charge in [-0.15, -0.1) is 0 Å². The second-order valence-electron chi connectivity index (χ2n) is 3.53. The van der Waals surface area contributed by atoms with Gasteiger partial charge in [-0.05, 0) is 40.2 Å². The first kappa shape index (κ1) is 11.9. The average Bonchev–Trinajstić information content (AvgIpc) is 2.30. The number of anilines is 1. The molecule has 17 heavy (non-hydrogen) atoms. The maximum absolute atomic E-state index is 13.5. The lowest BCUT2D eigenvalue weighted by atomic mass is 10.2. The van der Waals surface area contributed by atoms with E-state index in [2.05, 4.69) is 15.9 Å². The van der Waals surface area contributed by atoms with E-state index in [0.717, 1.165) is 4.47 Å². The van der Waals surface area contributed by atoms with Crippen LogP contribution in [0, 0.1) is 5.82 Å². The van der Waals surface area contributed by atoms with Crippen LogP contribution in [0.2, 0.25) is 0 Å². The largest absolute Gasteiger partial charge is 0.488 e. The first-order chi connectivity index (χ1) is 8.18. The van der Waals surface area contributed by atoms with Gasteiger partial charge in [0.1, 0.15) is 18.2 Å². The zero-order chi connectivity index (χ0) is 12.3. The smallest absolute Gasteiger partial charge is 0.133 e. The van der Waals surface area contributed by atoms with Gasteiger partial charge in [0.25, 0.3) is 0 Å². The molecule has 0 unspecified atom stereocenters. The Balaban J connectivity index is 2.16. The number of halogens is 2. The van der Waals surface area contributed by atoms with Crippen molar-refractivity contribution in [1.29, 1.82) is 0 Å². The zero-order valence-corrected chi connectivity index (χ0v) is 10.6. The fraction of sp³-hybridized carbons (Fsp3) is 0.0769. The summed E-state index contributed by atoms with van der Waals surface area (Å²) in [6, 6.07) is 12.0. The minimum Gasteiger partial charge on any atom is -0.488 e. The van der Waals surface area contributed by atoms with E-state index in [1.165, 1.54) is 6.07 Å². The highest BCUT2D eigenvalue weighted by atomic mass is 79.9. The molecule has 2 aromatic carbocycles. The number of rotatable bonds is 3. The van der Waals surface area contributed by atoms with Crippen LogP contribution in [-0.4, -0.2) is 0 Å². The van der Waals surface area contributed by atoms with Crippen molar-refractivity contribution in [3.8, 4) is 5.75 Å². The maximum Gasteiger partial charge on any atom is 0.133 e. The highest BCUT2D eigenvalue weighted by Crippen LogP contribution is 2.26. The third kappa shape index (κ3) is 2.77. The molecule has 0 spiro atoms. The maximum atomic E-state index is 13.5. The van der Waals surface area contributed by atoms with Gasteiger partial charge in [-0.1, -0.05) is 18.2 Å². The third-order valence-corrected chi connectivity index (χ3v) is 3.02. The fourth-order valence-corrected chi connectivity index (χ4v) is 1.84. The second-order valence-corrected chi connectivity index (χ2v) is 4.38. The third-order valence-electron chi connectivity index (χ3n) is 2.36. The number of ether oxygens (including phenoxy) is 1. The number of hydrogen-bond acceptors (Lipinski definition) is 2. The van der Waals surface area contributed by atoms with Crippen LogP contribution in [0.15, 0.2) is 46.9 Å². The molecule has 0 atom stereocenters. The molecule has 0 aliphatic carbocycles. The van der Waals surface area contributed by atoms with Crippen LogP contribution in [0.25, 0.3) is 0 Å². The predicted octanol–water partition coefficient (Wildman–Crippen LogP) is 3.75.